The van der Waals surface area contributed by atoms with E-state index in [0.717, 1.165) is 6.42 Å². The second-order valence-electron chi connectivity index (χ2n) is 3.22. The molecule has 5 heteroatoms. The lowest BCUT2D eigenvalue weighted by Gasteiger charge is -2.07. The molecule has 17 heavy (non-hydrogen) atoms. The molecule has 5 nitrogen and oxygen atoms in total. The molecule has 0 aliphatic rings. The first kappa shape index (κ1) is 13.2. The molecule has 0 atom stereocenters. The molecule has 1 aromatic rings. The zero-order valence-electron chi connectivity index (χ0n) is 9.76. The summed E-state index contributed by atoms with van der Waals surface area (Å²) in [4.78, 5) is 31.8. The third kappa shape index (κ3) is 3.57. The average Bonchev–Trinajstić information content (AvgIpc) is 2.36. The summed E-state index contributed by atoms with van der Waals surface area (Å²) < 4.78 is 4.96. The third-order valence-electron chi connectivity index (χ3n) is 1.96. The number of rotatable bonds is 5. The molecular formula is C12H14O5. The number of carbonyl (C=O) groups excluding carboxylic acids is 2. The van der Waals surface area contributed by atoms with Crippen LogP contribution in [0.3, 0.4) is 0 Å². The molecule has 0 saturated heterocycles. The van der Waals surface area contributed by atoms with E-state index in [-0.39, 0.29) is 11.1 Å². The van der Waals surface area contributed by atoms with Crippen LogP contribution in [0.1, 0.15) is 34.1 Å². The number of ether oxygens (including phenoxy) is 1. The van der Waals surface area contributed by atoms with Crippen molar-refractivity contribution in [2.24, 2.45) is 0 Å². The van der Waals surface area contributed by atoms with Crippen molar-refractivity contribution in [1.82, 2.24) is 0 Å². The van der Waals surface area contributed by atoms with Gasteiger partial charge in [-0.25, -0.2) is 9.59 Å². The maximum atomic E-state index is 11.7. The van der Waals surface area contributed by atoms with Crippen LogP contribution in [0.5, 0.6) is 0 Å². The van der Waals surface area contributed by atoms with E-state index in [1.165, 1.54) is 19.2 Å². The molecule has 92 valence electrons. The summed E-state index contributed by atoms with van der Waals surface area (Å²) in [7, 11) is 1.22. The second kappa shape index (κ2) is 6.65. The van der Waals surface area contributed by atoms with Crippen LogP contribution >= 0.6 is 0 Å². The van der Waals surface area contributed by atoms with Crippen molar-refractivity contribution in [3.63, 3.8) is 0 Å². The van der Waals surface area contributed by atoms with Crippen LogP contribution < -0.4 is 0 Å². The van der Waals surface area contributed by atoms with Gasteiger partial charge < -0.3 is 4.74 Å². The Morgan fingerprint density at radius 2 is 1.71 bits per heavy atom. The summed E-state index contributed by atoms with van der Waals surface area (Å²) in [6.07, 6.45) is 0.719. The Bertz CT molecular complexity index is 400. The van der Waals surface area contributed by atoms with Gasteiger partial charge in [-0.15, -0.1) is 0 Å². The van der Waals surface area contributed by atoms with E-state index in [1.54, 1.807) is 12.1 Å². The fourth-order valence-electron chi connectivity index (χ4n) is 1.23. The predicted octanol–water partition coefficient (Wildman–Crippen LogP) is 1.97. The van der Waals surface area contributed by atoms with Crippen LogP contribution in [0.15, 0.2) is 24.3 Å². The van der Waals surface area contributed by atoms with E-state index >= 15 is 0 Å². The average molecular weight is 238 g/mol. The number of benzene rings is 1. The Hall–Kier alpha value is -1.88. The third-order valence-corrected chi connectivity index (χ3v) is 1.96. The molecule has 0 bridgehead atoms. The SMILES string of the molecule is CCCOC(=O)c1ccccc1C(=O)OOC. The van der Waals surface area contributed by atoms with Gasteiger partial charge in [0, 0.05) is 0 Å². The maximum Gasteiger partial charge on any atom is 0.373 e. The van der Waals surface area contributed by atoms with Gasteiger partial charge in [0.1, 0.15) is 0 Å². The summed E-state index contributed by atoms with van der Waals surface area (Å²) in [5, 5.41) is 0. The predicted molar refractivity (Wildman–Crippen MR) is 59.4 cm³/mol. The molecule has 0 N–H and O–H groups in total. The molecule has 0 aliphatic carbocycles. The first-order chi connectivity index (χ1) is 8.20. The minimum absolute atomic E-state index is 0.121. The van der Waals surface area contributed by atoms with Gasteiger partial charge >= 0.3 is 11.9 Å². The molecule has 1 aromatic carbocycles. The largest absolute Gasteiger partial charge is 0.462 e. The summed E-state index contributed by atoms with van der Waals surface area (Å²) in [6.45, 7) is 2.20. The highest BCUT2D eigenvalue weighted by Crippen LogP contribution is 2.12. The van der Waals surface area contributed by atoms with E-state index in [2.05, 4.69) is 9.78 Å². The van der Waals surface area contributed by atoms with Crippen molar-refractivity contribution in [3.8, 4) is 0 Å². The van der Waals surface area contributed by atoms with Gasteiger partial charge in [-0.05, 0) is 18.6 Å². The fraction of sp³-hybridized carbons (Fsp3) is 0.333. The first-order valence-electron chi connectivity index (χ1n) is 5.21. The molecule has 0 aliphatic heterocycles. The number of esters is 1. The topological polar surface area (TPSA) is 61.8 Å². The van der Waals surface area contributed by atoms with E-state index in [4.69, 9.17) is 4.74 Å². The monoisotopic (exact) mass is 238 g/mol. The molecule has 0 saturated carbocycles. The fourth-order valence-corrected chi connectivity index (χ4v) is 1.23. The first-order valence-corrected chi connectivity index (χ1v) is 5.21. The number of hydrogen-bond donors (Lipinski definition) is 0. The Balaban J connectivity index is 2.91. The maximum absolute atomic E-state index is 11.7. The summed E-state index contributed by atoms with van der Waals surface area (Å²) in [6, 6.07) is 6.25. The van der Waals surface area contributed by atoms with Crippen molar-refractivity contribution in [1.29, 1.82) is 0 Å². The van der Waals surface area contributed by atoms with E-state index in [0.29, 0.717) is 6.61 Å². The molecule has 0 radical (unpaired) electrons. The zero-order chi connectivity index (χ0) is 12.7. The highest BCUT2D eigenvalue weighted by molar-refractivity contribution is 6.02. The van der Waals surface area contributed by atoms with Crippen molar-refractivity contribution in [3.05, 3.63) is 35.4 Å². The van der Waals surface area contributed by atoms with Crippen molar-refractivity contribution in [2.45, 2.75) is 13.3 Å². The normalized spacial score (nSPS) is 9.76. The van der Waals surface area contributed by atoms with Crippen LogP contribution in [0.4, 0.5) is 0 Å². The van der Waals surface area contributed by atoms with Gasteiger partial charge in [0.05, 0.1) is 24.8 Å². The minimum Gasteiger partial charge on any atom is -0.462 e. The molecule has 0 heterocycles. The summed E-state index contributed by atoms with van der Waals surface area (Å²) in [5.74, 6) is -1.27. The highest BCUT2D eigenvalue weighted by Gasteiger charge is 2.19. The van der Waals surface area contributed by atoms with Crippen molar-refractivity contribution >= 4 is 11.9 Å². The molecule has 0 spiro atoms. The highest BCUT2D eigenvalue weighted by atomic mass is 17.2. The summed E-state index contributed by atoms with van der Waals surface area (Å²) >= 11 is 0. The van der Waals surface area contributed by atoms with Gasteiger partial charge in [-0.1, -0.05) is 19.1 Å². The molecule has 0 aromatic heterocycles. The van der Waals surface area contributed by atoms with Crippen LogP contribution in [0, 0.1) is 0 Å². The lowest BCUT2D eigenvalue weighted by atomic mass is 10.1. The van der Waals surface area contributed by atoms with Gasteiger partial charge in [0.2, 0.25) is 0 Å². The Morgan fingerprint density at radius 3 is 2.24 bits per heavy atom. The Morgan fingerprint density at radius 1 is 1.12 bits per heavy atom. The van der Waals surface area contributed by atoms with E-state index in [9.17, 15) is 9.59 Å². The molecular weight excluding hydrogens is 224 g/mol. The lowest BCUT2D eigenvalue weighted by molar-refractivity contribution is -0.216. The van der Waals surface area contributed by atoms with Crippen LogP contribution in [0.2, 0.25) is 0 Å². The van der Waals surface area contributed by atoms with Crippen LogP contribution in [0.25, 0.3) is 0 Å². The van der Waals surface area contributed by atoms with Crippen molar-refractivity contribution in [2.75, 3.05) is 13.7 Å². The van der Waals surface area contributed by atoms with E-state index < -0.39 is 11.9 Å². The van der Waals surface area contributed by atoms with Gasteiger partial charge in [0.15, 0.2) is 0 Å². The van der Waals surface area contributed by atoms with Gasteiger partial charge in [-0.2, -0.15) is 4.89 Å². The van der Waals surface area contributed by atoms with Crippen LogP contribution in [-0.2, 0) is 14.5 Å². The zero-order valence-corrected chi connectivity index (χ0v) is 9.76. The van der Waals surface area contributed by atoms with Crippen molar-refractivity contribution < 1.29 is 24.1 Å². The molecule has 1 rings (SSSR count). The lowest BCUT2D eigenvalue weighted by Crippen LogP contribution is -2.14. The molecule has 0 fully saturated rings. The smallest absolute Gasteiger partial charge is 0.373 e. The molecule has 0 amide bonds. The quantitative estimate of drug-likeness (QED) is 0.446. The van der Waals surface area contributed by atoms with Gasteiger partial charge in [-0.3, -0.25) is 4.89 Å². The summed E-state index contributed by atoms with van der Waals surface area (Å²) in [5.41, 5.74) is 0.290. The molecule has 0 unspecified atom stereocenters. The Kier molecular flexibility index (Phi) is 5.16. The second-order valence-corrected chi connectivity index (χ2v) is 3.22. The number of hydrogen-bond acceptors (Lipinski definition) is 5. The standard InChI is InChI=1S/C12H14O5/c1-3-8-16-11(13)9-6-4-5-7-10(9)12(14)17-15-2/h4-7H,3,8H2,1-2H3. The minimum atomic E-state index is -0.725. The van der Waals surface area contributed by atoms with Crippen LogP contribution in [-0.4, -0.2) is 25.7 Å². The van der Waals surface area contributed by atoms with E-state index in [1.807, 2.05) is 6.92 Å². The number of carbonyl (C=O) groups is 2. The van der Waals surface area contributed by atoms with Gasteiger partial charge in [0.25, 0.3) is 0 Å². The Labute approximate surface area is 99.2 Å².